The van der Waals surface area contributed by atoms with Crippen molar-refractivity contribution >= 4 is 77.8 Å². The summed E-state index contributed by atoms with van der Waals surface area (Å²) in [5.74, 6) is -0.111. The van der Waals surface area contributed by atoms with E-state index < -0.39 is 5.24 Å². The first-order valence-electron chi connectivity index (χ1n) is 10.2. The number of halogens is 5. The summed E-state index contributed by atoms with van der Waals surface area (Å²) < 4.78 is 1.28. The van der Waals surface area contributed by atoms with Crippen molar-refractivity contribution in [1.29, 1.82) is 0 Å². The van der Waals surface area contributed by atoms with Crippen molar-refractivity contribution in [2.45, 2.75) is 33.1 Å². The molecule has 2 rings (SSSR count). The molecule has 0 heterocycles. The number of aliphatic hydroxyl groups is 2. The number of benzene rings is 2. The highest BCUT2D eigenvalue weighted by molar-refractivity contribution is 9.10. The first-order valence-corrected chi connectivity index (χ1v) is 13.0. The molecule has 0 unspecified atom stereocenters. The van der Waals surface area contributed by atoms with E-state index in [1.807, 2.05) is 6.92 Å². The Morgan fingerprint density at radius 1 is 0.879 bits per heavy atom. The van der Waals surface area contributed by atoms with Gasteiger partial charge < -0.3 is 15.1 Å². The Kier molecular flexibility index (Phi) is 18.3. The molecule has 0 aromatic heterocycles. The topological polar surface area (TPSA) is 77.8 Å². The quantitative estimate of drug-likeness (QED) is 0.234. The number of carbonyl (C=O) groups excluding carboxylic acids is 2. The molecule has 0 aliphatic carbocycles. The van der Waals surface area contributed by atoms with Gasteiger partial charge in [0.05, 0.1) is 12.2 Å². The molecule has 2 aromatic carbocycles. The van der Waals surface area contributed by atoms with Crippen LogP contribution in [0.3, 0.4) is 0 Å². The van der Waals surface area contributed by atoms with Crippen molar-refractivity contribution in [1.82, 2.24) is 4.90 Å². The van der Waals surface area contributed by atoms with E-state index in [4.69, 9.17) is 45.0 Å². The Labute approximate surface area is 227 Å². The third-order valence-corrected chi connectivity index (χ3v) is 6.09. The molecule has 184 valence electrons. The maximum atomic E-state index is 12.0. The van der Waals surface area contributed by atoms with Crippen molar-refractivity contribution in [2.24, 2.45) is 0 Å². The monoisotopic (exact) mass is 645 g/mol. The van der Waals surface area contributed by atoms with Gasteiger partial charge in [0.1, 0.15) is 0 Å². The SMILES string of the molecule is CCCCCO.CCN(CCO)C(=O)c1ccc(Cl)cc1Br.O=C(Cl)c1ccc(Cl)cc1Br. The van der Waals surface area contributed by atoms with Crippen LogP contribution in [0.1, 0.15) is 53.8 Å². The summed E-state index contributed by atoms with van der Waals surface area (Å²) in [6.45, 7) is 5.21. The van der Waals surface area contributed by atoms with Crippen LogP contribution in [-0.4, -0.2) is 52.6 Å². The highest BCUT2D eigenvalue weighted by Gasteiger charge is 2.16. The van der Waals surface area contributed by atoms with Gasteiger partial charge in [-0.3, -0.25) is 9.59 Å². The molecule has 0 fully saturated rings. The van der Waals surface area contributed by atoms with Gasteiger partial charge in [0.15, 0.2) is 0 Å². The van der Waals surface area contributed by atoms with E-state index in [0.29, 0.717) is 49.8 Å². The molecule has 0 aliphatic heterocycles. The Morgan fingerprint density at radius 3 is 1.73 bits per heavy atom. The molecule has 1 amide bonds. The molecule has 0 bridgehead atoms. The Balaban J connectivity index is 0.000000520. The number of unbranched alkanes of at least 4 members (excludes halogenated alkanes) is 2. The van der Waals surface area contributed by atoms with Crippen molar-refractivity contribution in [3.63, 3.8) is 0 Å². The number of carbonyl (C=O) groups is 2. The summed E-state index contributed by atoms with van der Waals surface area (Å²) in [5, 5.41) is 17.7. The van der Waals surface area contributed by atoms with E-state index in [-0.39, 0.29) is 12.5 Å². The predicted octanol–water partition coefficient (Wildman–Crippen LogP) is 7.21. The third kappa shape index (κ3) is 13.1. The Hall–Kier alpha value is -0.670. The average molecular weight is 649 g/mol. The lowest BCUT2D eigenvalue weighted by atomic mass is 10.2. The highest BCUT2D eigenvalue weighted by Crippen LogP contribution is 2.23. The fourth-order valence-electron chi connectivity index (χ4n) is 2.37. The van der Waals surface area contributed by atoms with E-state index >= 15 is 0 Å². The van der Waals surface area contributed by atoms with Gasteiger partial charge in [0, 0.05) is 44.3 Å². The van der Waals surface area contributed by atoms with Crippen molar-refractivity contribution < 1.29 is 19.8 Å². The van der Waals surface area contributed by atoms with Crippen LogP contribution < -0.4 is 0 Å². The molecule has 0 saturated heterocycles. The number of likely N-dealkylation sites (N-methyl/N-ethyl adjacent to an activating group) is 1. The van der Waals surface area contributed by atoms with Crippen LogP contribution in [0.4, 0.5) is 0 Å². The van der Waals surface area contributed by atoms with Gasteiger partial charge >= 0.3 is 0 Å². The molecule has 0 spiro atoms. The van der Waals surface area contributed by atoms with Crippen LogP contribution in [0, 0.1) is 0 Å². The molecule has 10 heteroatoms. The fraction of sp³-hybridized carbons (Fsp3) is 0.391. The molecular formula is C23H28Br2Cl3NO4. The second-order valence-electron chi connectivity index (χ2n) is 6.56. The molecule has 2 N–H and O–H groups in total. The number of nitrogens with zero attached hydrogens (tertiary/aromatic N) is 1. The van der Waals surface area contributed by atoms with Crippen LogP contribution in [-0.2, 0) is 0 Å². The zero-order chi connectivity index (χ0) is 25.4. The first kappa shape index (κ1) is 32.3. The van der Waals surface area contributed by atoms with Crippen LogP contribution in [0.2, 0.25) is 10.0 Å². The number of hydrogen-bond acceptors (Lipinski definition) is 4. The van der Waals surface area contributed by atoms with Gasteiger partial charge in [-0.25, -0.2) is 0 Å². The zero-order valence-corrected chi connectivity index (χ0v) is 23.9. The lowest BCUT2D eigenvalue weighted by Gasteiger charge is -2.20. The van der Waals surface area contributed by atoms with Crippen LogP contribution in [0.5, 0.6) is 0 Å². The van der Waals surface area contributed by atoms with Gasteiger partial charge in [-0.05, 0) is 93.2 Å². The van der Waals surface area contributed by atoms with Gasteiger partial charge in [-0.2, -0.15) is 0 Å². The van der Waals surface area contributed by atoms with E-state index in [0.717, 1.165) is 12.8 Å². The minimum atomic E-state index is -0.492. The fourth-order valence-corrected chi connectivity index (χ4v) is 4.36. The van der Waals surface area contributed by atoms with Crippen molar-refractivity contribution in [2.75, 3.05) is 26.3 Å². The maximum Gasteiger partial charge on any atom is 0.255 e. The van der Waals surface area contributed by atoms with E-state index in [2.05, 4.69) is 38.8 Å². The molecular weight excluding hydrogens is 620 g/mol. The minimum absolute atomic E-state index is 0.0369. The summed E-state index contributed by atoms with van der Waals surface area (Å²) in [7, 11) is 0. The number of rotatable bonds is 8. The summed E-state index contributed by atoms with van der Waals surface area (Å²) in [4.78, 5) is 24.3. The number of amides is 1. The van der Waals surface area contributed by atoms with Gasteiger partial charge in [0.25, 0.3) is 11.1 Å². The molecule has 5 nitrogen and oxygen atoms in total. The van der Waals surface area contributed by atoms with E-state index in [1.165, 1.54) is 6.42 Å². The van der Waals surface area contributed by atoms with Crippen molar-refractivity contribution in [3.05, 3.63) is 66.5 Å². The van der Waals surface area contributed by atoms with Gasteiger partial charge in [0.2, 0.25) is 0 Å². The standard InChI is InChI=1S/C11H13BrClNO2.C7H3BrCl2O.C5H12O/c1-2-14(5-6-15)11(16)9-4-3-8(13)7-10(9)12;8-6-3-4(9)1-2-5(6)7(10)11;1-2-3-4-5-6/h3-4,7,15H,2,5-6H2,1H3;1-3H;6H,2-5H2,1H3. The largest absolute Gasteiger partial charge is 0.396 e. The van der Waals surface area contributed by atoms with Crippen molar-refractivity contribution in [3.8, 4) is 0 Å². The predicted molar refractivity (Wildman–Crippen MR) is 144 cm³/mol. The van der Waals surface area contributed by atoms with Gasteiger partial charge in [-0.1, -0.05) is 43.0 Å². The lowest BCUT2D eigenvalue weighted by Crippen LogP contribution is -2.33. The molecule has 0 saturated carbocycles. The summed E-state index contributed by atoms with van der Waals surface area (Å²) in [5.41, 5.74) is 0.982. The summed E-state index contributed by atoms with van der Waals surface area (Å²) in [6, 6.07) is 9.84. The third-order valence-electron chi connectivity index (χ3n) is 4.10. The van der Waals surface area contributed by atoms with Gasteiger partial charge in [-0.15, -0.1) is 0 Å². The average Bonchev–Trinajstić information content (AvgIpc) is 2.76. The molecule has 0 radical (unpaired) electrons. The highest BCUT2D eigenvalue weighted by atomic mass is 79.9. The second-order valence-corrected chi connectivity index (χ2v) is 9.49. The molecule has 0 atom stereocenters. The molecule has 33 heavy (non-hydrogen) atoms. The summed E-state index contributed by atoms with van der Waals surface area (Å²) >= 11 is 23.1. The first-order chi connectivity index (χ1) is 15.6. The van der Waals surface area contributed by atoms with E-state index in [9.17, 15) is 9.59 Å². The summed E-state index contributed by atoms with van der Waals surface area (Å²) in [6.07, 6.45) is 3.33. The Morgan fingerprint density at radius 2 is 1.39 bits per heavy atom. The molecule has 0 aliphatic rings. The maximum absolute atomic E-state index is 12.0. The number of hydrogen-bond donors (Lipinski definition) is 2. The number of aliphatic hydroxyl groups excluding tert-OH is 2. The van der Waals surface area contributed by atoms with E-state index in [1.54, 1.807) is 41.3 Å². The second kappa shape index (κ2) is 18.6. The molecule has 2 aromatic rings. The lowest BCUT2D eigenvalue weighted by molar-refractivity contribution is 0.0731. The van der Waals surface area contributed by atoms with Crippen LogP contribution >= 0.6 is 66.7 Å². The normalized spacial score (nSPS) is 9.85. The van der Waals surface area contributed by atoms with Crippen LogP contribution in [0.25, 0.3) is 0 Å². The van der Waals surface area contributed by atoms with Crippen LogP contribution in [0.15, 0.2) is 45.3 Å². The minimum Gasteiger partial charge on any atom is -0.396 e. The zero-order valence-electron chi connectivity index (χ0n) is 18.5. The Bertz CT molecular complexity index is 881. The smallest absolute Gasteiger partial charge is 0.255 e.